The Kier molecular flexibility index (Phi) is 5.66. The number of benzene rings is 3. The number of fused-ring (bicyclic) bond motifs is 1. The fourth-order valence-corrected chi connectivity index (χ4v) is 3.24. The highest BCUT2D eigenvalue weighted by Crippen LogP contribution is 2.34. The molecule has 0 amide bonds. The van der Waals surface area contributed by atoms with Crippen LogP contribution < -0.4 is 19.5 Å². The van der Waals surface area contributed by atoms with Crippen LogP contribution in [0.15, 0.2) is 67.0 Å². The molecule has 0 saturated carbocycles. The van der Waals surface area contributed by atoms with Gasteiger partial charge in [0.05, 0.1) is 19.7 Å². The quantitative estimate of drug-likeness (QED) is 0.455. The summed E-state index contributed by atoms with van der Waals surface area (Å²) in [6.45, 7) is 2.56. The van der Waals surface area contributed by atoms with Crippen LogP contribution in [0.25, 0.3) is 10.9 Å². The van der Waals surface area contributed by atoms with Crippen LogP contribution in [0.1, 0.15) is 11.1 Å². The van der Waals surface area contributed by atoms with Crippen LogP contribution in [0, 0.1) is 6.92 Å². The van der Waals surface area contributed by atoms with E-state index in [1.54, 1.807) is 14.2 Å². The molecule has 6 nitrogen and oxygen atoms in total. The zero-order valence-electron chi connectivity index (χ0n) is 17.2. The lowest BCUT2D eigenvalue weighted by Gasteiger charge is -2.14. The number of aryl methyl sites for hydroxylation is 1. The number of hydrogen-bond donors (Lipinski definition) is 1. The van der Waals surface area contributed by atoms with Gasteiger partial charge < -0.3 is 19.5 Å². The molecule has 0 bridgehead atoms. The van der Waals surface area contributed by atoms with Gasteiger partial charge in [0.15, 0.2) is 11.5 Å². The second-order valence-electron chi connectivity index (χ2n) is 6.83. The Balaban J connectivity index is 1.57. The van der Waals surface area contributed by atoms with Gasteiger partial charge in [-0.25, -0.2) is 9.97 Å². The fraction of sp³-hybridized carbons (Fsp3) is 0.167. The second-order valence-corrected chi connectivity index (χ2v) is 6.83. The van der Waals surface area contributed by atoms with Crippen LogP contribution in [0.3, 0.4) is 0 Å². The minimum absolute atomic E-state index is 0.534. The van der Waals surface area contributed by atoms with E-state index in [2.05, 4.69) is 27.4 Å². The van der Waals surface area contributed by atoms with E-state index in [1.807, 2.05) is 55.5 Å². The first kappa shape index (κ1) is 19.5. The average Bonchev–Trinajstić information content (AvgIpc) is 2.78. The topological polar surface area (TPSA) is 65.5 Å². The molecule has 0 saturated heterocycles. The summed E-state index contributed by atoms with van der Waals surface area (Å²) in [4.78, 5) is 8.76. The molecule has 1 heterocycles. The Hall–Kier alpha value is -3.80. The first-order chi connectivity index (χ1) is 14.7. The van der Waals surface area contributed by atoms with E-state index in [9.17, 15) is 0 Å². The van der Waals surface area contributed by atoms with Crippen LogP contribution in [0.4, 0.5) is 11.5 Å². The van der Waals surface area contributed by atoms with E-state index in [0.717, 1.165) is 33.5 Å². The molecule has 0 aliphatic rings. The molecule has 0 unspecified atom stereocenters. The van der Waals surface area contributed by atoms with E-state index in [1.165, 1.54) is 6.33 Å². The molecule has 152 valence electrons. The normalized spacial score (nSPS) is 10.6. The minimum atomic E-state index is 0.534. The van der Waals surface area contributed by atoms with Crippen LogP contribution in [0.2, 0.25) is 0 Å². The smallest absolute Gasteiger partial charge is 0.162 e. The lowest BCUT2D eigenvalue weighted by molar-refractivity contribution is 0.304. The van der Waals surface area contributed by atoms with Crippen LogP contribution in [-0.4, -0.2) is 24.2 Å². The molecule has 0 aliphatic carbocycles. The third-order valence-corrected chi connectivity index (χ3v) is 4.82. The van der Waals surface area contributed by atoms with Crippen molar-refractivity contribution in [3.8, 4) is 17.2 Å². The first-order valence-corrected chi connectivity index (χ1v) is 9.59. The summed E-state index contributed by atoms with van der Waals surface area (Å²) in [5, 5.41) is 4.22. The highest BCUT2D eigenvalue weighted by atomic mass is 16.5. The van der Waals surface area contributed by atoms with Gasteiger partial charge in [-0.2, -0.15) is 0 Å². The maximum atomic E-state index is 5.97. The Bertz CT molecular complexity index is 1160. The molecule has 4 aromatic rings. The summed E-state index contributed by atoms with van der Waals surface area (Å²) in [5.74, 6) is 2.80. The molecule has 0 atom stereocenters. The summed E-state index contributed by atoms with van der Waals surface area (Å²) in [5.41, 5.74) is 3.85. The van der Waals surface area contributed by atoms with Gasteiger partial charge in [0.2, 0.25) is 0 Å². The molecule has 30 heavy (non-hydrogen) atoms. The lowest BCUT2D eigenvalue weighted by Crippen LogP contribution is -2.00. The van der Waals surface area contributed by atoms with Crippen LogP contribution in [-0.2, 0) is 6.61 Å². The molecule has 0 aliphatic heterocycles. The molecule has 0 radical (unpaired) electrons. The van der Waals surface area contributed by atoms with Gasteiger partial charge in [-0.15, -0.1) is 0 Å². The Morgan fingerprint density at radius 2 is 1.60 bits per heavy atom. The first-order valence-electron chi connectivity index (χ1n) is 9.59. The van der Waals surface area contributed by atoms with Gasteiger partial charge in [-0.1, -0.05) is 30.3 Å². The van der Waals surface area contributed by atoms with Crippen molar-refractivity contribution in [3.05, 3.63) is 78.1 Å². The molecular weight excluding hydrogens is 378 g/mol. The number of hydrogen-bond acceptors (Lipinski definition) is 6. The summed E-state index contributed by atoms with van der Waals surface area (Å²) >= 11 is 0. The molecule has 4 rings (SSSR count). The maximum absolute atomic E-state index is 5.97. The number of ether oxygens (including phenoxy) is 3. The standard InChI is InChI=1S/C24H23N3O3/c1-16-11-18(9-10-21(16)30-14-17-7-5-4-6-8-17)27-24-19-12-22(28-2)23(29-3)13-20(19)25-15-26-24/h4-13,15H,14H2,1-3H3,(H,25,26,27). The molecule has 0 spiro atoms. The number of anilines is 2. The summed E-state index contributed by atoms with van der Waals surface area (Å²) in [7, 11) is 3.21. The highest BCUT2D eigenvalue weighted by Gasteiger charge is 2.11. The SMILES string of the molecule is COc1cc2ncnc(Nc3ccc(OCc4ccccc4)c(C)c3)c2cc1OC. The molecule has 1 aromatic heterocycles. The van der Waals surface area contributed by atoms with Crippen LogP contribution >= 0.6 is 0 Å². The van der Waals surface area contributed by atoms with Crippen molar-refractivity contribution in [2.75, 3.05) is 19.5 Å². The largest absolute Gasteiger partial charge is 0.493 e. The van der Waals surface area contributed by atoms with Crippen molar-refractivity contribution in [2.45, 2.75) is 13.5 Å². The highest BCUT2D eigenvalue weighted by molar-refractivity contribution is 5.93. The van der Waals surface area contributed by atoms with Gasteiger partial charge in [0.25, 0.3) is 0 Å². The van der Waals surface area contributed by atoms with E-state index in [0.29, 0.717) is 23.9 Å². The predicted octanol–water partition coefficient (Wildman–Crippen LogP) is 5.28. The van der Waals surface area contributed by atoms with Crippen molar-refractivity contribution in [3.63, 3.8) is 0 Å². The predicted molar refractivity (Wildman–Crippen MR) is 118 cm³/mol. The zero-order valence-corrected chi connectivity index (χ0v) is 17.2. The van der Waals surface area contributed by atoms with E-state index in [4.69, 9.17) is 14.2 Å². The summed E-state index contributed by atoms with van der Waals surface area (Å²) < 4.78 is 16.8. The zero-order chi connectivity index (χ0) is 20.9. The van der Waals surface area contributed by atoms with E-state index in [-0.39, 0.29) is 0 Å². The average molecular weight is 401 g/mol. The Labute approximate surface area is 175 Å². The Morgan fingerprint density at radius 3 is 2.33 bits per heavy atom. The van der Waals surface area contributed by atoms with E-state index < -0.39 is 0 Å². The molecular formula is C24H23N3O3. The van der Waals surface area contributed by atoms with Crippen molar-refractivity contribution in [2.24, 2.45) is 0 Å². The number of methoxy groups -OCH3 is 2. The second kappa shape index (κ2) is 8.69. The van der Waals surface area contributed by atoms with Gasteiger partial charge in [-0.05, 0) is 42.3 Å². The monoisotopic (exact) mass is 401 g/mol. The van der Waals surface area contributed by atoms with Gasteiger partial charge in [0.1, 0.15) is 24.5 Å². The third kappa shape index (κ3) is 4.12. The van der Waals surface area contributed by atoms with Crippen molar-refractivity contribution < 1.29 is 14.2 Å². The van der Waals surface area contributed by atoms with Gasteiger partial charge in [-0.3, -0.25) is 0 Å². The fourth-order valence-electron chi connectivity index (χ4n) is 3.24. The third-order valence-electron chi connectivity index (χ3n) is 4.82. The number of nitrogens with zero attached hydrogens (tertiary/aromatic N) is 2. The maximum Gasteiger partial charge on any atom is 0.162 e. The van der Waals surface area contributed by atoms with Crippen molar-refractivity contribution in [1.29, 1.82) is 0 Å². The van der Waals surface area contributed by atoms with Crippen molar-refractivity contribution in [1.82, 2.24) is 9.97 Å². The van der Waals surface area contributed by atoms with Gasteiger partial charge in [0, 0.05) is 17.1 Å². The minimum Gasteiger partial charge on any atom is -0.493 e. The summed E-state index contributed by atoms with van der Waals surface area (Å²) in [6, 6.07) is 19.8. The number of nitrogens with one attached hydrogen (secondary N) is 1. The molecule has 1 N–H and O–H groups in total. The van der Waals surface area contributed by atoms with E-state index >= 15 is 0 Å². The lowest BCUT2D eigenvalue weighted by atomic mass is 10.1. The molecule has 0 fully saturated rings. The van der Waals surface area contributed by atoms with Gasteiger partial charge >= 0.3 is 0 Å². The molecule has 3 aromatic carbocycles. The van der Waals surface area contributed by atoms with Crippen LogP contribution in [0.5, 0.6) is 17.2 Å². The number of aromatic nitrogens is 2. The Morgan fingerprint density at radius 1 is 0.833 bits per heavy atom. The van der Waals surface area contributed by atoms with Crippen molar-refractivity contribution >= 4 is 22.4 Å². The molecule has 6 heteroatoms. The summed E-state index contributed by atoms with van der Waals surface area (Å²) in [6.07, 6.45) is 1.53. The number of rotatable bonds is 7.